The molecule has 1 aromatic carbocycles. The van der Waals surface area contributed by atoms with E-state index < -0.39 is 0 Å². The van der Waals surface area contributed by atoms with Gasteiger partial charge in [0.05, 0.1) is 0 Å². The Balaban J connectivity index is 1.83. The number of rotatable bonds is 7. The lowest BCUT2D eigenvalue weighted by Gasteiger charge is -2.24. The summed E-state index contributed by atoms with van der Waals surface area (Å²) in [6.07, 6.45) is 2.84. The monoisotopic (exact) mass is 260 g/mol. The smallest absolute Gasteiger partial charge is 0.0233 e. The number of nitrogens with zero attached hydrogens (tertiary/aromatic N) is 1. The van der Waals surface area contributed by atoms with Crippen LogP contribution >= 0.6 is 0 Å². The molecule has 0 amide bonds. The van der Waals surface area contributed by atoms with Gasteiger partial charge in [-0.15, -0.1) is 0 Å². The van der Waals surface area contributed by atoms with Crippen LogP contribution in [0.2, 0.25) is 0 Å². The summed E-state index contributed by atoms with van der Waals surface area (Å²) in [4.78, 5) is 2.49. The van der Waals surface area contributed by atoms with Crippen molar-refractivity contribution in [2.45, 2.75) is 58.8 Å². The molecule has 2 nitrogen and oxygen atoms in total. The molecule has 0 spiro atoms. The summed E-state index contributed by atoms with van der Waals surface area (Å²) in [5.41, 5.74) is 2.79. The highest BCUT2D eigenvalue weighted by atomic mass is 15.1. The van der Waals surface area contributed by atoms with Crippen molar-refractivity contribution in [3.63, 3.8) is 0 Å². The fraction of sp³-hybridized carbons (Fsp3) is 0.647. The van der Waals surface area contributed by atoms with Gasteiger partial charge in [-0.3, -0.25) is 4.90 Å². The Morgan fingerprint density at radius 3 is 2.21 bits per heavy atom. The third-order valence-corrected chi connectivity index (χ3v) is 4.17. The molecule has 1 fully saturated rings. The largest absolute Gasteiger partial charge is 0.310 e. The lowest BCUT2D eigenvalue weighted by atomic mass is 10.1. The van der Waals surface area contributed by atoms with Gasteiger partial charge in [-0.2, -0.15) is 0 Å². The Morgan fingerprint density at radius 2 is 1.68 bits per heavy atom. The van der Waals surface area contributed by atoms with E-state index in [-0.39, 0.29) is 0 Å². The first kappa shape index (κ1) is 14.5. The lowest BCUT2D eigenvalue weighted by Crippen LogP contribution is -2.30. The summed E-state index contributed by atoms with van der Waals surface area (Å²) in [6, 6.07) is 10.3. The van der Waals surface area contributed by atoms with E-state index >= 15 is 0 Å². The molecule has 1 saturated carbocycles. The number of hydrogen-bond acceptors (Lipinski definition) is 2. The van der Waals surface area contributed by atoms with Crippen LogP contribution in [0.1, 0.15) is 44.7 Å². The van der Waals surface area contributed by atoms with Crippen LogP contribution in [0.25, 0.3) is 0 Å². The SMILES string of the molecule is CC(C)NCc1ccc(CN(C)C(C)C2CC2)cc1. The Hall–Kier alpha value is -0.860. The quantitative estimate of drug-likeness (QED) is 0.808. The summed E-state index contributed by atoms with van der Waals surface area (Å²) in [6.45, 7) is 8.76. The first-order valence-electron chi connectivity index (χ1n) is 7.57. The van der Waals surface area contributed by atoms with Gasteiger partial charge >= 0.3 is 0 Å². The minimum atomic E-state index is 0.546. The summed E-state index contributed by atoms with van der Waals surface area (Å²) in [5.74, 6) is 0.944. The standard InChI is InChI=1S/C17H28N2/c1-13(2)18-11-15-5-7-16(8-6-15)12-19(4)14(3)17-9-10-17/h5-8,13-14,17-18H,9-12H2,1-4H3. The molecule has 1 atom stereocenters. The normalized spacial score (nSPS) is 17.2. The van der Waals surface area contributed by atoms with Gasteiger partial charge < -0.3 is 5.32 Å². The second kappa shape index (κ2) is 6.53. The maximum Gasteiger partial charge on any atom is 0.0233 e. The summed E-state index contributed by atoms with van der Waals surface area (Å²) in [7, 11) is 2.25. The number of benzene rings is 1. The number of hydrogen-bond donors (Lipinski definition) is 1. The van der Waals surface area contributed by atoms with Crippen LogP contribution in [0.5, 0.6) is 0 Å². The molecule has 1 unspecified atom stereocenters. The maximum absolute atomic E-state index is 3.45. The molecule has 2 heteroatoms. The average molecular weight is 260 g/mol. The molecule has 0 radical (unpaired) electrons. The van der Waals surface area contributed by atoms with Gasteiger partial charge in [0.1, 0.15) is 0 Å². The first-order valence-corrected chi connectivity index (χ1v) is 7.57. The van der Waals surface area contributed by atoms with E-state index in [1.165, 1.54) is 24.0 Å². The van der Waals surface area contributed by atoms with Gasteiger partial charge in [0.25, 0.3) is 0 Å². The maximum atomic E-state index is 3.45. The molecule has 2 rings (SSSR count). The van der Waals surface area contributed by atoms with Crippen molar-refractivity contribution in [1.82, 2.24) is 10.2 Å². The summed E-state index contributed by atoms with van der Waals surface area (Å²) >= 11 is 0. The third-order valence-electron chi connectivity index (χ3n) is 4.17. The number of nitrogens with one attached hydrogen (secondary N) is 1. The molecule has 19 heavy (non-hydrogen) atoms. The highest BCUT2D eigenvalue weighted by molar-refractivity contribution is 5.22. The molecule has 0 aliphatic heterocycles. The molecule has 1 aliphatic rings. The van der Waals surface area contributed by atoms with Crippen LogP contribution < -0.4 is 5.32 Å². The zero-order chi connectivity index (χ0) is 13.8. The van der Waals surface area contributed by atoms with Crippen molar-refractivity contribution in [2.75, 3.05) is 7.05 Å². The highest BCUT2D eigenvalue weighted by Gasteiger charge is 2.30. The van der Waals surface area contributed by atoms with Crippen molar-refractivity contribution < 1.29 is 0 Å². The third kappa shape index (κ3) is 4.63. The van der Waals surface area contributed by atoms with E-state index in [9.17, 15) is 0 Å². The first-order chi connectivity index (χ1) is 9.06. The molecule has 1 aromatic rings. The predicted octanol–water partition coefficient (Wildman–Crippen LogP) is 3.41. The highest BCUT2D eigenvalue weighted by Crippen LogP contribution is 2.35. The van der Waals surface area contributed by atoms with Crippen molar-refractivity contribution in [3.05, 3.63) is 35.4 Å². The van der Waals surface area contributed by atoms with Gasteiger partial charge in [-0.05, 0) is 43.9 Å². The van der Waals surface area contributed by atoms with Crippen LogP contribution in [0.4, 0.5) is 0 Å². The molecule has 1 N–H and O–H groups in total. The van der Waals surface area contributed by atoms with E-state index in [0.29, 0.717) is 6.04 Å². The molecule has 1 aliphatic carbocycles. The topological polar surface area (TPSA) is 15.3 Å². The van der Waals surface area contributed by atoms with Gasteiger partial charge in [0.2, 0.25) is 0 Å². The summed E-state index contributed by atoms with van der Waals surface area (Å²) < 4.78 is 0. The van der Waals surface area contributed by atoms with Crippen LogP contribution in [-0.2, 0) is 13.1 Å². The molecule has 0 bridgehead atoms. The second-order valence-corrected chi connectivity index (χ2v) is 6.35. The Kier molecular flexibility index (Phi) is 5.00. The Bertz CT molecular complexity index is 379. The van der Waals surface area contributed by atoms with E-state index in [1.807, 2.05) is 0 Å². The van der Waals surface area contributed by atoms with Crippen molar-refractivity contribution in [1.29, 1.82) is 0 Å². The zero-order valence-electron chi connectivity index (χ0n) is 12.8. The fourth-order valence-electron chi connectivity index (χ4n) is 2.45. The average Bonchev–Trinajstić information content (AvgIpc) is 3.21. The minimum Gasteiger partial charge on any atom is -0.310 e. The van der Waals surface area contributed by atoms with E-state index in [2.05, 4.69) is 62.3 Å². The zero-order valence-corrected chi connectivity index (χ0v) is 12.8. The second-order valence-electron chi connectivity index (χ2n) is 6.35. The van der Waals surface area contributed by atoms with Crippen molar-refractivity contribution >= 4 is 0 Å². The molecule has 106 valence electrons. The van der Waals surface area contributed by atoms with Crippen LogP contribution in [-0.4, -0.2) is 24.0 Å². The van der Waals surface area contributed by atoms with Gasteiger partial charge in [-0.25, -0.2) is 0 Å². The fourth-order valence-corrected chi connectivity index (χ4v) is 2.45. The van der Waals surface area contributed by atoms with Gasteiger partial charge in [0.15, 0.2) is 0 Å². The van der Waals surface area contributed by atoms with Crippen molar-refractivity contribution in [3.8, 4) is 0 Å². The van der Waals surface area contributed by atoms with Crippen LogP contribution in [0.15, 0.2) is 24.3 Å². The molecule has 0 saturated heterocycles. The molecular formula is C17H28N2. The Morgan fingerprint density at radius 1 is 1.11 bits per heavy atom. The van der Waals surface area contributed by atoms with Crippen molar-refractivity contribution in [2.24, 2.45) is 5.92 Å². The lowest BCUT2D eigenvalue weighted by molar-refractivity contribution is 0.226. The Labute approximate surface area is 118 Å². The van der Waals surface area contributed by atoms with E-state index in [4.69, 9.17) is 0 Å². The predicted molar refractivity (Wildman–Crippen MR) is 82.1 cm³/mol. The van der Waals surface area contributed by atoms with Crippen LogP contribution in [0, 0.1) is 5.92 Å². The minimum absolute atomic E-state index is 0.546. The molecule has 0 heterocycles. The van der Waals surface area contributed by atoms with Crippen LogP contribution in [0.3, 0.4) is 0 Å². The van der Waals surface area contributed by atoms with Gasteiger partial charge in [-0.1, -0.05) is 38.1 Å². The van der Waals surface area contributed by atoms with E-state index in [1.54, 1.807) is 0 Å². The molecule has 0 aromatic heterocycles. The summed E-state index contributed by atoms with van der Waals surface area (Å²) in [5, 5.41) is 3.45. The molecular weight excluding hydrogens is 232 g/mol. The van der Waals surface area contributed by atoms with E-state index in [0.717, 1.165) is 25.0 Å². The van der Waals surface area contributed by atoms with Gasteiger partial charge in [0, 0.05) is 25.2 Å².